The molecule has 1 rings (SSSR count). The Morgan fingerprint density at radius 2 is 2.15 bits per heavy atom. The van der Waals surface area contributed by atoms with Crippen LogP contribution in [0, 0.1) is 11.6 Å². The molecule has 0 aliphatic rings. The molecule has 0 bridgehead atoms. The van der Waals surface area contributed by atoms with E-state index in [1.807, 2.05) is 0 Å². The first kappa shape index (κ1) is 10.1. The van der Waals surface area contributed by atoms with Crippen LogP contribution in [-0.2, 0) is 11.2 Å². The molecule has 0 fully saturated rings. The average molecular weight is 205 g/mol. The predicted molar refractivity (Wildman–Crippen MR) is 45.8 cm³/mol. The first-order valence-corrected chi connectivity index (χ1v) is 4.11. The minimum atomic E-state index is -0.935. The Hall–Kier alpha value is -0.960. The predicted octanol–water partition coefficient (Wildman–Crippen LogP) is 2.31. The van der Waals surface area contributed by atoms with Crippen LogP contribution in [-0.4, -0.2) is 11.7 Å². The number of alkyl halides is 1. The molecule has 0 heterocycles. The lowest BCUT2D eigenvalue weighted by Crippen LogP contribution is -2.06. The van der Waals surface area contributed by atoms with Crippen molar-refractivity contribution in [1.29, 1.82) is 0 Å². The second-order valence-electron chi connectivity index (χ2n) is 2.57. The fourth-order valence-electron chi connectivity index (χ4n) is 0.964. The van der Waals surface area contributed by atoms with E-state index < -0.39 is 17.0 Å². The van der Waals surface area contributed by atoms with Crippen molar-refractivity contribution in [2.45, 2.75) is 11.8 Å². The number of halogens is 3. The summed E-state index contributed by atoms with van der Waals surface area (Å²) < 4.78 is 25.6. The second kappa shape index (κ2) is 4.33. The van der Waals surface area contributed by atoms with Gasteiger partial charge in [0.25, 0.3) is 0 Å². The van der Waals surface area contributed by atoms with Crippen LogP contribution in [0.15, 0.2) is 18.2 Å². The minimum absolute atomic E-state index is 0.00858. The Bertz CT molecular complexity index is 314. The van der Waals surface area contributed by atoms with Gasteiger partial charge in [-0.1, -0.05) is 12.1 Å². The van der Waals surface area contributed by atoms with Crippen LogP contribution in [0.5, 0.6) is 0 Å². The number of benzene rings is 1. The number of rotatable bonds is 3. The van der Waals surface area contributed by atoms with Crippen molar-refractivity contribution in [1.82, 2.24) is 0 Å². The molecule has 0 saturated heterocycles. The van der Waals surface area contributed by atoms with E-state index in [-0.39, 0.29) is 12.0 Å². The van der Waals surface area contributed by atoms with Crippen LogP contribution in [0.2, 0.25) is 0 Å². The molecule has 0 N–H and O–H groups in total. The highest BCUT2D eigenvalue weighted by Gasteiger charge is 2.11. The highest BCUT2D eigenvalue weighted by Crippen LogP contribution is 2.14. The van der Waals surface area contributed by atoms with Crippen molar-refractivity contribution in [2.24, 2.45) is 0 Å². The summed E-state index contributed by atoms with van der Waals surface area (Å²) in [5, 5.41) is -0.809. The summed E-state index contributed by atoms with van der Waals surface area (Å²) in [5.41, 5.74) is 0.118. The summed E-state index contributed by atoms with van der Waals surface area (Å²) in [6.45, 7) is 0. The SMILES string of the molecule is O=CC(Cl)Cc1cccc(F)c1F. The van der Waals surface area contributed by atoms with Gasteiger partial charge >= 0.3 is 0 Å². The molecule has 0 amide bonds. The van der Waals surface area contributed by atoms with Crippen molar-refractivity contribution in [3.05, 3.63) is 35.4 Å². The van der Waals surface area contributed by atoms with E-state index in [0.717, 1.165) is 6.07 Å². The maximum absolute atomic E-state index is 12.9. The monoisotopic (exact) mass is 204 g/mol. The Kier molecular flexibility index (Phi) is 3.37. The van der Waals surface area contributed by atoms with Gasteiger partial charge in [0.1, 0.15) is 6.29 Å². The van der Waals surface area contributed by atoms with Crippen LogP contribution >= 0.6 is 11.6 Å². The van der Waals surface area contributed by atoms with Gasteiger partial charge < -0.3 is 4.79 Å². The van der Waals surface area contributed by atoms with Gasteiger partial charge in [0, 0.05) is 0 Å². The molecule has 0 saturated carbocycles. The standard InChI is InChI=1S/C9H7ClF2O/c10-7(5-13)4-6-2-1-3-8(11)9(6)12/h1-3,5,7H,4H2. The molecule has 70 valence electrons. The van der Waals surface area contributed by atoms with Gasteiger partial charge in [-0.25, -0.2) is 8.78 Å². The lowest BCUT2D eigenvalue weighted by molar-refractivity contribution is -0.107. The van der Waals surface area contributed by atoms with Gasteiger partial charge in [-0.2, -0.15) is 0 Å². The fraction of sp³-hybridized carbons (Fsp3) is 0.222. The van der Waals surface area contributed by atoms with Gasteiger partial charge in [-0.05, 0) is 18.1 Å². The summed E-state index contributed by atoms with van der Waals surface area (Å²) in [6.07, 6.45) is 0.501. The van der Waals surface area contributed by atoms with Gasteiger partial charge in [0.2, 0.25) is 0 Å². The second-order valence-corrected chi connectivity index (χ2v) is 3.13. The number of carbonyl (C=O) groups excluding carboxylic acids is 1. The third kappa shape index (κ3) is 2.49. The smallest absolute Gasteiger partial charge is 0.162 e. The van der Waals surface area contributed by atoms with Crippen LogP contribution in [0.4, 0.5) is 8.78 Å². The molecule has 1 nitrogen and oxygen atoms in total. The van der Waals surface area contributed by atoms with E-state index in [9.17, 15) is 13.6 Å². The summed E-state index contributed by atoms with van der Waals surface area (Å²) in [7, 11) is 0. The molecule has 4 heteroatoms. The summed E-state index contributed by atoms with van der Waals surface area (Å²) >= 11 is 5.47. The fourth-order valence-corrected chi connectivity index (χ4v) is 1.13. The number of carbonyl (C=O) groups is 1. The normalized spacial score (nSPS) is 12.5. The van der Waals surface area contributed by atoms with Crippen LogP contribution in [0.3, 0.4) is 0 Å². The average Bonchev–Trinajstić information content (AvgIpc) is 2.13. The van der Waals surface area contributed by atoms with E-state index in [1.165, 1.54) is 12.1 Å². The van der Waals surface area contributed by atoms with Crippen molar-refractivity contribution in [2.75, 3.05) is 0 Å². The molecule has 1 unspecified atom stereocenters. The molecule has 1 aromatic rings. The van der Waals surface area contributed by atoms with E-state index >= 15 is 0 Å². The Morgan fingerprint density at radius 1 is 1.46 bits per heavy atom. The van der Waals surface area contributed by atoms with E-state index in [0.29, 0.717) is 6.29 Å². The summed E-state index contributed by atoms with van der Waals surface area (Å²) in [6, 6.07) is 3.79. The maximum Gasteiger partial charge on any atom is 0.162 e. The number of aldehydes is 1. The topological polar surface area (TPSA) is 17.1 Å². The highest BCUT2D eigenvalue weighted by atomic mass is 35.5. The van der Waals surface area contributed by atoms with E-state index in [1.54, 1.807) is 0 Å². The Balaban J connectivity index is 2.88. The van der Waals surface area contributed by atoms with Crippen LogP contribution in [0.1, 0.15) is 5.56 Å². The maximum atomic E-state index is 12.9. The van der Waals surface area contributed by atoms with Crippen molar-refractivity contribution >= 4 is 17.9 Å². The molecule has 0 aromatic heterocycles. The van der Waals surface area contributed by atoms with E-state index in [2.05, 4.69) is 0 Å². The summed E-state index contributed by atoms with van der Waals surface area (Å²) in [4.78, 5) is 10.2. The quantitative estimate of drug-likeness (QED) is 0.546. The van der Waals surface area contributed by atoms with Crippen molar-refractivity contribution in [3.63, 3.8) is 0 Å². The molecule has 13 heavy (non-hydrogen) atoms. The summed E-state index contributed by atoms with van der Waals surface area (Å²) in [5.74, 6) is -1.86. The third-order valence-electron chi connectivity index (χ3n) is 1.59. The van der Waals surface area contributed by atoms with Gasteiger partial charge in [-0.3, -0.25) is 0 Å². The minimum Gasteiger partial charge on any atom is -0.302 e. The van der Waals surface area contributed by atoms with Crippen LogP contribution < -0.4 is 0 Å². The third-order valence-corrected chi connectivity index (χ3v) is 1.85. The first-order chi connectivity index (χ1) is 6.15. The zero-order valence-corrected chi connectivity index (χ0v) is 7.39. The molecule has 1 atom stereocenters. The highest BCUT2D eigenvalue weighted by molar-refractivity contribution is 6.27. The van der Waals surface area contributed by atoms with Gasteiger partial charge in [-0.15, -0.1) is 11.6 Å². The molecule has 0 aliphatic carbocycles. The Labute approximate surface area is 79.3 Å². The lowest BCUT2D eigenvalue weighted by Gasteiger charge is -2.03. The number of hydrogen-bond acceptors (Lipinski definition) is 1. The van der Waals surface area contributed by atoms with Crippen LogP contribution in [0.25, 0.3) is 0 Å². The van der Waals surface area contributed by atoms with E-state index in [4.69, 9.17) is 11.6 Å². The lowest BCUT2D eigenvalue weighted by atomic mass is 10.1. The van der Waals surface area contributed by atoms with Crippen molar-refractivity contribution < 1.29 is 13.6 Å². The largest absolute Gasteiger partial charge is 0.302 e. The van der Waals surface area contributed by atoms with Gasteiger partial charge in [0.05, 0.1) is 5.38 Å². The van der Waals surface area contributed by atoms with Gasteiger partial charge in [0.15, 0.2) is 11.6 Å². The molecule has 0 spiro atoms. The van der Waals surface area contributed by atoms with Crippen molar-refractivity contribution in [3.8, 4) is 0 Å². The zero-order chi connectivity index (χ0) is 9.84. The molecular weight excluding hydrogens is 198 g/mol. The number of hydrogen-bond donors (Lipinski definition) is 0. The Morgan fingerprint density at radius 3 is 2.77 bits per heavy atom. The zero-order valence-electron chi connectivity index (χ0n) is 6.64. The molecular formula is C9H7ClF2O. The molecule has 1 aromatic carbocycles. The molecule has 0 radical (unpaired) electrons. The first-order valence-electron chi connectivity index (χ1n) is 3.67. The molecule has 0 aliphatic heterocycles.